The van der Waals surface area contributed by atoms with Crippen molar-refractivity contribution in [1.29, 1.82) is 0 Å². The molecule has 0 saturated carbocycles. The van der Waals surface area contributed by atoms with Crippen LogP contribution in [0.2, 0.25) is 0 Å². The Morgan fingerprint density at radius 3 is 2.67 bits per heavy atom. The second-order valence-corrected chi connectivity index (χ2v) is 8.00. The van der Waals surface area contributed by atoms with Gasteiger partial charge in [0.25, 0.3) is 15.7 Å². The Bertz CT molecular complexity index is 1070. The molecule has 0 fully saturated rings. The summed E-state index contributed by atoms with van der Waals surface area (Å²) in [6.07, 6.45) is 1.20. The molecule has 1 aromatic carbocycles. The van der Waals surface area contributed by atoms with Crippen LogP contribution in [0, 0.1) is 10.1 Å². The van der Waals surface area contributed by atoms with Gasteiger partial charge in [0.15, 0.2) is 5.75 Å². The molecule has 0 aliphatic carbocycles. The fourth-order valence-electron chi connectivity index (χ4n) is 2.15. The Morgan fingerprint density at radius 2 is 2.04 bits per heavy atom. The van der Waals surface area contributed by atoms with Gasteiger partial charge in [-0.05, 0) is 0 Å². The largest absolute Gasteiger partial charge is 0.492 e. The third kappa shape index (κ3) is 3.85. The summed E-state index contributed by atoms with van der Waals surface area (Å²) in [5, 5.41) is 11.2. The summed E-state index contributed by atoms with van der Waals surface area (Å²) in [6, 6.07) is 6.78. The van der Waals surface area contributed by atoms with E-state index in [1.54, 1.807) is 6.07 Å². The zero-order chi connectivity index (χ0) is 19.6. The van der Waals surface area contributed by atoms with Crippen LogP contribution in [-0.2, 0) is 10.0 Å². The fraction of sp³-hybridized carbons (Fsp3) is 0.133. The summed E-state index contributed by atoms with van der Waals surface area (Å²) >= 11 is 0.877. The molecule has 2 heterocycles. The van der Waals surface area contributed by atoms with Crippen LogP contribution in [0.5, 0.6) is 10.8 Å². The number of benzene rings is 1. The highest BCUT2D eigenvalue weighted by Gasteiger charge is 2.23. The van der Waals surface area contributed by atoms with Crippen LogP contribution in [0.25, 0.3) is 11.3 Å². The number of nitrogens with zero attached hydrogens (tertiary/aromatic N) is 2. The van der Waals surface area contributed by atoms with Gasteiger partial charge in [0.1, 0.15) is 16.2 Å². The minimum absolute atomic E-state index is 0.0497. The maximum Gasteiger partial charge on any atom is 0.309 e. The third-order valence-corrected chi connectivity index (χ3v) is 6.26. The number of hydrogen-bond acceptors (Lipinski definition) is 9. The van der Waals surface area contributed by atoms with Gasteiger partial charge in [-0.15, -0.1) is 0 Å². The predicted molar refractivity (Wildman–Crippen MR) is 96.8 cm³/mol. The molecule has 0 unspecified atom stereocenters. The number of aromatic nitrogens is 1. The molecule has 0 saturated heterocycles. The van der Waals surface area contributed by atoms with Crippen molar-refractivity contribution in [1.82, 2.24) is 4.98 Å². The SMILES string of the molecule is COc1cc(S(=O)(=O)Nc2nc(-c3cccc([N+](=O)[O-])c3)co2)sc1OC. The van der Waals surface area contributed by atoms with Crippen molar-refractivity contribution in [2.45, 2.75) is 4.21 Å². The van der Waals surface area contributed by atoms with Gasteiger partial charge in [-0.1, -0.05) is 23.5 Å². The van der Waals surface area contributed by atoms with Gasteiger partial charge in [0.2, 0.25) is 5.06 Å². The minimum atomic E-state index is -3.98. The topological polar surface area (TPSA) is 134 Å². The summed E-state index contributed by atoms with van der Waals surface area (Å²) in [7, 11) is -1.18. The maximum absolute atomic E-state index is 12.5. The average Bonchev–Trinajstić information content (AvgIpc) is 3.28. The Kier molecular flexibility index (Phi) is 5.01. The number of nitrogens with one attached hydrogen (secondary N) is 1. The van der Waals surface area contributed by atoms with E-state index in [1.807, 2.05) is 0 Å². The molecule has 0 aliphatic rings. The number of nitro benzene ring substituents is 1. The van der Waals surface area contributed by atoms with Crippen LogP contribution in [0.3, 0.4) is 0 Å². The van der Waals surface area contributed by atoms with Crippen LogP contribution in [-0.4, -0.2) is 32.5 Å². The quantitative estimate of drug-likeness (QED) is 0.463. The number of ether oxygens (including phenoxy) is 2. The molecule has 0 aliphatic heterocycles. The number of nitro groups is 1. The number of methoxy groups -OCH3 is 2. The summed E-state index contributed by atoms with van der Waals surface area (Å²) < 4.78 is 42.4. The zero-order valence-electron chi connectivity index (χ0n) is 14.0. The normalized spacial score (nSPS) is 11.2. The molecule has 3 rings (SSSR count). The Balaban J connectivity index is 1.86. The number of oxazole rings is 1. The van der Waals surface area contributed by atoms with Crippen molar-refractivity contribution in [3.63, 3.8) is 0 Å². The van der Waals surface area contributed by atoms with Crippen LogP contribution in [0.1, 0.15) is 0 Å². The molecule has 1 N–H and O–H groups in total. The van der Waals surface area contributed by atoms with E-state index >= 15 is 0 Å². The van der Waals surface area contributed by atoms with E-state index in [4.69, 9.17) is 13.9 Å². The summed E-state index contributed by atoms with van der Waals surface area (Å²) in [5.74, 6) is 0.285. The lowest BCUT2D eigenvalue weighted by atomic mass is 10.1. The van der Waals surface area contributed by atoms with Crippen LogP contribution in [0.4, 0.5) is 11.7 Å². The monoisotopic (exact) mass is 411 g/mol. The van der Waals surface area contributed by atoms with Crippen LogP contribution >= 0.6 is 11.3 Å². The first-order valence-electron chi connectivity index (χ1n) is 7.29. The molecule has 0 spiro atoms. The minimum Gasteiger partial charge on any atom is -0.492 e. The lowest BCUT2D eigenvalue weighted by molar-refractivity contribution is -0.384. The molecule has 0 radical (unpaired) electrons. The van der Waals surface area contributed by atoms with Crippen molar-refractivity contribution in [2.75, 3.05) is 18.9 Å². The number of rotatable bonds is 7. The molecule has 3 aromatic rings. The summed E-state index contributed by atoms with van der Waals surface area (Å²) in [6.45, 7) is 0. The Morgan fingerprint density at radius 1 is 1.26 bits per heavy atom. The molecule has 10 nitrogen and oxygen atoms in total. The van der Waals surface area contributed by atoms with Gasteiger partial charge in [-0.25, -0.2) is 13.1 Å². The van der Waals surface area contributed by atoms with Crippen LogP contribution < -0.4 is 14.2 Å². The second kappa shape index (κ2) is 7.25. The standard InChI is InChI=1S/C15H13N3O7S2/c1-23-12-7-13(26-14(12)24-2)27(21,22)17-15-16-11(8-25-15)9-4-3-5-10(6-9)18(19)20/h3-8H,1-2H3,(H,16,17). The number of anilines is 1. The maximum atomic E-state index is 12.5. The van der Waals surface area contributed by atoms with E-state index in [2.05, 4.69) is 9.71 Å². The molecule has 0 bridgehead atoms. The average molecular weight is 411 g/mol. The van der Waals surface area contributed by atoms with E-state index in [9.17, 15) is 18.5 Å². The zero-order valence-corrected chi connectivity index (χ0v) is 15.7. The van der Waals surface area contributed by atoms with E-state index in [1.165, 1.54) is 44.7 Å². The summed E-state index contributed by atoms with van der Waals surface area (Å²) in [5.41, 5.74) is 0.547. The first kappa shape index (κ1) is 18.7. The van der Waals surface area contributed by atoms with Gasteiger partial charge >= 0.3 is 6.01 Å². The molecular weight excluding hydrogens is 398 g/mol. The molecular formula is C15H13N3O7S2. The molecule has 27 heavy (non-hydrogen) atoms. The van der Waals surface area contributed by atoms with Crippen molar-refractivity contribution in [3.8, 4) is 22.1 Å². The highest BCUT2D eigenvalue weighted by atomic mass is 32.2. The van der Waals surface area contributed by atoms with Crippen molar-refractivity contribution in [2.24, 2.45) is 0 Å². The van der Waals surface area contributed by atoms with Gasteiger partial charge < -0.3 is 13.9 Å². The summed E-state index contributed by atoms with van der Waals surface area (Å²) in [4.78, 5) is 14.4. The number of thiophene rings is 1. The van der Waals surface area contributed by atoms with Crippen LogP contribution in [0.15, 0.2) is 45.2 Å². The number of hydrogen-bond donors (Lipinski definition) is 1. The van der Waals surface area contributed by atoms with Gasteiger partial charge in [0, 0.05) is 23.8 Å². The lowest BCUT2D eigenvalue weighted by Crippen LogP contribution is -2.11. The number of sulfonamides is 1. The molecule has 2 aromatic heterocycles. The van der Waals surface area contributed by atoms with Gasteiger partial charge in [0.05, 0.1) is 19.1 Å². The smallest absolute Gasteiger partial charge is 0.309 e. The van der Waals surface area contributed by atoms with E-state index in [-0.39, 0.29) is 27.4 Å². The van der Waals surface area contributed by atoms with Crippen molar-refractivity contribution in [3.05, 3.63) is 46.7 Å². The van der Waals surface area contributed by atoms with Gasteiger partial charge in [-0.3, -0.25) is 10.1 Å². The number of non-ortho nitro benzene ring substituents is 1. The fourth-order valence-corrected chi connectivity index (χ4v) is 4.30. The molecule has 0 atom stereocenters. The second-order valence-electron chi connectivity index (χ2n) is 5.08. The Hall–Kier alpha value is -3.12. The lowest BCUT2D eigenvalue weighted by Gasteiger charge is -2.00. The first-order chi connectivity index (χ1) is 12.8. The highest BCUT2D eigenvalue weighted by molar-refractivity contribution is 7.94. The first-order valence-corrected chi connectivity index (χ1v) is 9.59. The van der Waals surface area contributed by atoms with E-state index < -0.39 is 14.9 Å². The molecule has 142 valence electrons. The highest BCUT2D eigenvalue weighted by Crippen LogP contribution is 2.39. The van der Waals surface area contributed by atoms with Gasteiger partial charge in [-0.2, -0.15) is 4.98 Å². The molecule has 0 amide bonds. The van der Waals surface area contributed by atoms with Crippen molar-refractivity contribution >= 4 is 33.1 Å². The third-order valence-electron chi connectivity index (χ3n) is 3.39. The predicted octanol–water partition coefficient (Wildman–Crippen LogP) is 3.13. The van der Waals surface area contributed by atoms with E-state index in [0.717, 1.165) is 11.3 Å². The van der Waals surface area contributed by atoms with E-state index in [0.29, 0.717) is 10.6 Å². The van der Waals surface area contributed by atoms with Crippen molar-refractivity contribution < 1.29 is 27.2 Å². The Labute approximate surface area is 157 Å². The molecule has 12 heteroatoms.